The Labute approximate surface area is 172 Å². The van der Waals surface area contributed by atoms with Gasteiger partial charge in [0.05, 0.1) is 0 Å². The number of nitrogens with zero attached hydrogens (tertiary/aromatic N) is 1. The van der Waals surface area contributed by atoms with Crippen LogP contribution in [0, 0.1) is 19.7 Å². The molecule has 0 aliphatic heterocycles. The van der Waals surface area contributed by atoms with Crippen LogP contribution in [-0.2, 0) is 13.1 Å². The van der Waals surface area contributed by atoms with Crippen molar-refractivity contribution in [2.75, 3.05) is 13.2 Å². The fraction of sp³-hybridized carbons (Fsp3) is 0.280. The third-order valence-corrected chi connectivity index (χ3v) is 4.87. The molecule has 0 aliphatic carbocycles. The first-order valence-electron chi connectivity index (χ1n) is 9.88. The van der Waals surface area contributed by atoms with Gasteiger partial charge in [-0.25, -0.2) is 4.39 Å². The number of hydrogen-bond acceptors (Lipinski definition) is 3. The van der Waals surface area contributed by atoms with Crippen molar-refractivity contribution in [3.63, 3.8) is 0 Å². The van der Waals surface area contributed by atoms with Gasteiger partial charge in [-0.15, -0.1) is 0 Å². The van der Waals surface area contributed by atoms with Crippen molar-refractivity contribution >= 4 is 0 Å². The van der Waals surface area contributed by atoms with E-state index >= 15 is 0 Å². The molecule has 1 N–H and O–H groups in total. The Kier molecular flexibility index (Phi) is 7.39. The van der Waals surface area contributed by atoms with Crippen LogP contribution in [0.3, 0.4) is 0 Å². The summed E-state index contributed by atoms with van der Waals surface area (Å²) in [7, 11) is 0. The van der Waals surface area contributed by atoms with Gasteiger partial charge < -0.3 is 9.84 Å². The average Bonchev–Trinajstić information content (AvgIpc) is 2.71. The van der Waals surface area contributed by atoms with Crippen LogP contribution in [0.4, 0.5) is 4.39 Å². The van der Waals surface area contributed by atoms with Gasteiger partial charge in [-0.2, -0.15) is 0 Å². The van der Waals surface area contributed by atoms with Crippen LogP contribution >= 0.6 is 0 Å². The second kappa shape index (κ2) is 10.2. The fourth-order valence-electron chi connectivity index (χ4n) is 3.36. The molecule has 0 saturated heterocycles. The number of aliphatic hydroxyl groups excluding tert-OH is 1. The summed E-state index contributed by atoms with van der Waals surface area (Å²) < 4.78 is 19.0. The van der Waals surface area contributed by atoms with E-state index < -0.39 is 6.10 Å². The first-order valence-corrected chi connectivity index (χ1v) is 9.88. The summed E-state index contributed by atoms with van der Waals surface area (Å²) in [6.45, 7) is 6.18. The molecule has 0 amide bonds. The number of para-hydroxylation sites is 1. The van der Waals surface area contributed by atoms with Crippen molar-refractivity contribution in [1.82, 2.24) is 4.90 Å². The summed E-state index contributed by atoms with van der Waals surface area (Å²) in [5.74, 6) is 0.497. The maximum absolute atomic E-state index is 13.3. The minimum absolute atomic E-state index is 0.219. The molecule has 3 nitrogen and oxygen atoms in total. The van der Waals surface area contributed by atoms with Crippen LogP contribution < -0.4 is 4.74 Å². The Balaban J connectivity index is 1.68. The molecule has 0 aromatic heterocycles. The Morgan fingerprint density at radius 2 is 1.66 bits per heavy atom. The summed E-state index contributed by atoms with van der Waals surface area (Å²) >= 11 is 0. The normalized spacial score (nSPS) is 12.2. The molecule has 0 aliphatic rings. The highest BCUT2D eigenvalue weighted by Crippen LogP contribution is 2.16. The molecule has 1 atom stereocenters. The quantitative estimate of drug-likeness (QED) is 0.562. The highest BCUT2D eigenvalue weighted by molar-refractivity contribution is 5.30. The van der Waals surface area contributed by atoms with Gasteiger partial charge >= 0.3 is 0 Å². The first kappa shape index (κ1) is 21.0. The highest BCUT2D eigenvalue weighted by atomic mass is 19.1. The Hall–Kier alpha value is -2.69. The molecule has 0 radical (unpaired) electrons. The van der Waals surface area contributed by atoms with Gasteiger partial charge in [-0.3, -0.25) is 4.90 Å². The maximum Gasteiger partial charge on any atom is 0.123 e. The van der Waals surface area contributed by atoms with Gasteiger partial charge in [0.25, 0.3) is 0 Å². The number of ether oxygens (including phenoxy) is 1. The molecule has 4 heteroatoms. The predicted octanol–water partition coefficient (Wildman–Crippen LogP) is 4.88. The molecule has 0 bridgehead atoms. The molecule has 0 heterocycles. The molecule has 3 rings (SSSR count). The summed E-state index contributed by atoms with van der Waals surface area (Å²) in [6, 6.07) is 22.4. The van der Waals surface area contributed by atoms with Crippen LogP contribution in [-0.4, -0.2) is 29.3 Å². The van der Waals surface area contributed by atoms with E-state index in [0.29, 0.717) is 19.6 Å². The van der Waals surface area contributed by atoms with E-state index in [2.05, 4.69) is 36.9 Å². The summed E-state index contributed by atoms with van der Waals surface area (Å²) in [4.78, 5) is 2.17. The van der Waals surface area contributed by atoms with Crippen LogP contribution in [0.5, 0.6) is 5.75 Å². The Bertz CT molecular complexity index is 896. The zero-order chi connectivity index (χ0) is 20.6. The largest absolute Gasteiger partial charge is 0.491 e. The van der Waals surface area contributed by atoms with Crippen molar-refractivity contribution in [2.24, 2.45) is 0 Å². The molecule has 1 unspecified atom stereocenters. The van der Waals surface area contributed by atoms with Crippen LogP contribution in [0.25, 0.3) is 0 Å². The van der Waals surface area contributed by atoms with E-state index in [-0.39, 0.29) is 12.4 Å². The number of aryl methyl sites for hydroxylation is 2. The first-order chi connectivity index (χ1) is 14.0. The minimum atomic E-state index is -0.638. The second-order valence-electron chi connectivity index (χ2n) is 7.50. The van der Waals surface area contributed by atoms with E-state index in [1.54, 1.807) is 12.1 Å². The van der Waals surface area contributed by atoms with Crippen LogP contribution in [0.1, 0.15) is 22.3 Å². The lowest BCUT2D eigenvalue weighted by Gasteiger charge is -2.26. The van der Waals surface area contributed by atoms with Gasteiger partial charge in [0, 0.05) is 19.6 Å². The van der Waals surface area contributed by atoms with E-state index in [1.165, 1.54) is 28.8 Å². The van der Waals surface area contributed by atoms with Crippen molar-refractivity contribution in [3.8, 4) is 5.75 Å². The minimum Gasteiger partial charge on any atom is -0.491 e. The van der Waals surface area contributed by atoms with E-state index in [4.69, 9.17) is 4.74 Å². The van der Waals surface area contributed by atoms with Crippen LogP contribution in [0.2, 0.25) is 0 Å². The summed E-state index contributed by atoms with van der Waals surface area (Å²) in [5, 5.41) is 10.6. The standard InChI is InChI=1S/C25H28FNO2/c1-19-8-11-22(20(2)14-19)16-27(15-21-9-12-23(26)13-10-21)17-24(28)18-29-25-6-4-3-5-7-25/h3-14,24,28H,15-18H2,1-2H3. The lowest BCUT2D eigenvalue weighted by atomic mass is 10.0. The molecule has 0 fully saturated rings. The highest BCUT2D eigenvalue weighted by Gasteiger charge is 2.15. The lowest BCUT2D eigenvalue weighted by molar-refractivity contribution is 0.0628. The lowest BCUT2D eigenvalue weighted by Crippen LogP contribution is -2.35. The smallest absolute Gasteiger partial charge is 0.123 e. The van der Waals surface area contributed by atoms with Crippen molar-refractivity contribution in [1.29, 1.82) is 0 Å². The third-order valence-electron chi connectivity index (χ3n) is 4.87. The monoisotopic (exact) mass is 393 g/mol. The maximum atomic E-state index is 13.3. The number of hydrogen-bond donors (Lipinski definition) is 1. The van der Waals surface area contributed by atoms with Crippen molar-refractivity contribution in [2.45, 2.75) is 33.0 Å². The van der Waals surface area contributed by atoms with Crippen molar-refractivity contribution < 1.29 is 14.2 Å². The van der Waals surface area contributed by atoms with E-state index in [9.17, 15) is 9.50 Å². The average molecular weight is 394 g/mol. The molecule has 3 aromatic rings. The fourth-order valence-corrected chi connectivity index (χ4v) is 3.36. The second-order valence-corrected chi connectivity index (χ2v) is 7.50. The molecular formula is C25H28FNO2. The summed E-state index contributed by atoms with van der Waals surface area (Å²) in [5.41, 5.74) is 4.68. The predicted molar refractivity (Wildman–Crippen MR) is 114 cm³/mol. The zero-order valence-corrected chi connectivity index (χ0v) is 17.0. The molecule has 0 saturated carbocycles. The van der Waals surface area contributed by atoms with Crippen molar-refractivity contribution in [3.05, 3.63) is 101 Å². The SMILES string of the molecule is Cc1ccc(CN(Cc2ccc(F)cc2)CC(O)COc2ccccc2)c(C)c1. The molecular weight excluding hydrogens is 365 g/mol. The topological polar surface area (TPSA) is 32.7 Å². The number of aliphatic hydroxyl groups is 1. The van der Waals surface area contributed by atoms with Gasteiger partial charge in [0.2, 0.25) is 0 Å². The number of halogens is 1. The number of benzene rings is 3. The Morgan fingerprint density at radius 3 is 2.34 bits per heavy atom. The van der Waals surface area contributed by atoms with Gasteiger partial charge in [-0.05, 0) is 54.8 Å². The molecule has 3 aromatic carbocycles. The van der Waals surface area contributed by atoms with E-state index in [0.717, 1.165) is 11.3 Å². The van der Waals surface area contributed by atoms with Gasteiger partial charge in [0.1, 0.15) is 24.3 Å². The molecule has 152 valence electrons. The van der Waals surface area contributed by atoms with Crippen LogP contribution in [0.15, 0.2) is 72.8 Å². The zero-order valence-electron chi connectivity index (χ0n) is 17.0. The van der Waals surface area contributed by atoms with Gasteiger partial charge in [-0.1, -0.05) is 54.1 Å². The third kappa shape index (κ3) is 6.70. The Morgan fingerprint density at radius 1 is 0.931 bits per heavy atom. The van der Waals surface area contributed by atoms with E-state index in [1.807, 2.05) is 30.3 Å². The van der Waals surface area contributed by atoms with Gasteiger partial charge in [0.15, 0.2) is 0 Å². The summed E-state index contributed by atoms with van der Waals surface area (Å²) in [6.07, 6.45) is -0.638. The number of rotatable bonds is 9. The molecule has 0 spiro atoms. The molecule has 29 heavy (non-hydrogen) atoms.